The van der Waals surface area contributed by atoms with Gasteiger partial charge in [0.05, 0.1) is 23.7 Å². The second-order valence-electron chi connectivity index (χ2n) is 5.86. The summed E-state index contributed by atoms with van der Waals surface area (Å²) in [7, 11) is -0.622. The molecule has 8 nitrogen and oxygen atoms in total. The van der Waals surface area contributed by atoms with Gasteiger partial charge in [-0.15, -0.1) is 0 Å². The van der Waals surface area contributed by atoms with E-state index in [4.69, 9.17) is 9.47 Å². The maximum absolute atomic E-state index is 12.8. The number of aryl methyl sites for hydroxylation is 1. The van der Waals surface area contributed by atoms with Crippen LogP contribution in [0.15, 0.2) is 23.1 Å². The number of morpholine rings is 1. The zero-order valence-electron chi connectivity index (χ0n) is 14.5. The number of benzene rings is 1. The average Bonchev–Trinajstić information content (AvgIpc) is 2.60. The topological polar surface area (TPSA) is 93.2 Å². The van der Waals surface area contributed by atoms with E-state index in [1.54, 1.807) is 27.1 Å². The lowest BCUT2D eigenvalue weighted by Crippen LogP contribution is -2.40. The van der Waals surface area contributed by atoms with Crippen molar-refractivity contribution in [1.82, 2.24) is 9.21 Å². The van der Waals surface area contributed by atoms with E-state index in [9.17, 15) is 18.0 Å². The fraction of sp³-hybridized carbons (Fsp3) is 0.500. The summed E-state index contributed by atoms with van der Waals surface area (Å²) in [5.41, 5.74) is 0.622. The smallest absolute Gasteiger partial charge is 0.338 e. The first-order chi connectivity index (χ1) is 11.7. The summed E-state index contributed by atoms with van der Waals surface area (Å²) in [4.78, 5) is 25.0. The van der Waals surface area contributed by atoms with E-state index in [-0.39, 0.29) is 29.5 Å². The summed E-state index contributed by atoms with van der Waals surface area (Å²) in [5, 5.41) is 0. The molecule has 0 N–H and O–H groups in total. The zero-order chi connectivity index (χ0) is 18.6. The molecule has 1 heterocycles. The van der Waals surface area contributed by atoms with Gasteiger partial charge >= 0.3 is 5.97 Å². The first kappa shape index (κ1) is 19.4. The Morgan fingerprint density at radius 2 is 1.88 bits per heavy atom. The van der Waals surface area contributed by atoms with Gasteiger partial charge < -0.3 is 14.4 Å². The Labute approximate surface area is 147 Å². The normalized spacial score (nSPS) is 15.6. The van der Waals surface area contributed by atoms with E-state index in [0.29, 0.717) is 18.8 Å². The number of hydrogen-bond acceptors (Lipinski definition) is 6. The highest BCUT2D eigenvalue weighted by Gasteiger charge is 2.28. The zero-order valence-corrected chi connectivity index (χ0v) is 15.3. The van der Waals surface area contributed by atoms with Gasteiger partial charge in [-0.2, -0.15) is 4.31 Å². The van der Waals surface area contributed by atoms with Crippen LogP contribution < -0.4 is 0 Å². The van der Waals surface area contributed by atoms with Crippen LogP contribution in [0, 0.1) is 6.92 Å². The lowest BCUT2D eigenvalue weighted by Gasteiger charge is -2.26. The second-order valence-corrected chi connectivity index (χ2v) is 7.77. The summed E-state index contributed by atoms with van der Waals surface area (Å²) in [6.07, 6.45) is 0. The minimum absolute atomic E-state index is 0.0581. The summed E-state index contributed by atoms with van der Waals surface area (Å²) >= 11 is 0. The minimum atomic E-state index is -3.72. The van der Waals surface area contributed by atoms with Crippen molar-refractivity contribution in [3.05, 3.63) is 29.3 Å². The molecule has 0 aliphatic carbocycles. The van der Waals surface area contributed by atoms with E-state index in [1.807, 2.05) is 0 Å². The van der Waals surface area contributed by atoms with E-state index in [0.717, 1.165) is 0 Å². The molecule has 1 fully saturated rings. The molecule has 1 amide bonds. The van der Waals surface area contributed by atoms with Gasteiger partial charge in [-0.25, -0.2) is 13.2 Å². The molecule has 1 saturated heterocycles. The third kappa shape index (κ3) is 4.56. The van der Waals surface area contributed by atoms with Crippen LogP contribution in [-0.2, 0) is 24.3 Å². The molecule has 1 aliphatic rings. The van der Waals surface area contributed by atoms with Crippen molar-refractivity contribution in [3.63, 3.8) is 0 Å². The third-order valence-electron chi connectivity index (χ3n) is 3.84. The Bertz CT molecular complexity index is 754. The van der Waals surface area contributed by atoms with Crippen molar-refractivity contribution in [1.29, 1.82) is 0 Å². The number of amides is 1. The van der Waals surface area contributed by atoms with Crippen molar-refractivity contribution in [2.24, 2.45) is 0 Å². The number of nitrogens with zero attached hydrogens (tertiary/aromatic N) is 2. The van der Waals surface area contributed by atoms with E-state index < -0.39 is 22.6 Å². The second kappa shape index (κ2) is 7.94. The van der Waals surface area contributed by atoms with Gasteiger partial charge in [0.2, 0.25) is 10.0 Å². The quantitative estimate of drug-likeness (QED) is 0.691. The number of carbonyl (C=O) groups excluding carboxylic acids is 2. The molecule has 1 aromatic carbocycles. The summed E-state index contributed by atoms with van der Waals surface area (Å²) in [6, 6.07) is 4.33. The fourth-order valence-electron chi connectivity index (χ4n) is 2.27. The molecule has 0 aromatic heterocycles. The lowest BCUT2D eigenvalue weighted by atomic mass is 10.1. The number of esters is 1. The Balaban J connectivity index is 2.22. The third-order valence-corrected chi connectivity index (χ3v) is 5.88. The van der Waals surface area contributed by atoms with Crippen molar-refractivity contribution in [2.75, 3.05) is 47.0 Å². The SMILES string of the molecule is Cc1ccc(C(=O)OCC(=O)N(C)C)cc1S(=O)(=O)N1CCOCC1. The van der Waals surface area contributed by atoms with Crippen LogP contribution in [0.3, 0.4) is 0 Å². The molecule has 1 aromatic rings. The monoisotopic (exact) mass is 370 g/mol. The van der Waals surface area contributed by atoms with Crippen molar-refractivity contribution >= 4 is 21.9 Å². The summed E-state index contributed by atoms with van der Waals surface area (Å²) < 4.78 is 37.1. The molecule has 2 rings (SSSR count). The van der Waals surface area contributed by atoms with Crippen LogP contribution in [-0.4, -0.2) is 76.5 Å². The van der Waals surface area contributed by atoms with Crippen molar-refractivity contribution in [3.8, 4) is 0 Å². The van der Waals surface area contributed by atoms with Gasteiger partial charge in [0.25, 0.3) is 5.91 Å². The Hall–Kier alpha value is -1.97. The van der Waals surface area contributed by atoms with Crippen LogP contribution in [0.1, 0.15) is 15.9 Å². The Morgan fingerprint density at radius 1 is 1.24 bits per heavy atom. The van der Waals surface area contributed by atoms with Gasteiger partial charge in [-0.1, -0.05) is 6.07 Å². The fourth-order valence-corrected chi connectivity index (χ4v) is 3.93. The van der Waals surface area contributed by atoms with Crippen LogP contribution in [0.25, 0.3) is 0 Å². The molecule has 1 aliphatic heterocycles. The van der Waals surface area contributed by atoms with Crippen LogP contribution in [0.5, 0.6) is 0 Å². The van der Waals surface area contributed by atoms with Gasteiger partial charge in [-0.3, -0.25) is 4.79 Å². The number of rotatable bonds is 5. The largest absolute Gasteiger partial charge is 0.452 e. The van der Waals surface area contributed by atoms with E-state index >= 15 is 0 Å². The van der Waals surface area contributed by atoms with E-state index in [2.05, 4.69) is 0 Å². The molecule has 9 heteroatoms. The molecule has 0 spiro atoms. The van der Waals surface area contributed by atoms with Gasteiger partial charge in [0.1, 0.15) is 0 Å². The predicted molar refractivity (Wildman–Crippen MR) is 89.7 cm³/mol. The maximum Gasteiger partial charge on any atom is 0.338 e. The molecule has 138 valence electrons. The molecule has 0 atom stereocenters. The first-order valence-corrected chi connectivity index (χ1v) is 9.23. The molecule has 0 unspecified atom stereocenters. The molecular formula is C16H22N2O6S. The van der Waals surface area contributed by atoms with Crippen molar-refractivity contribution in [2.45, 2.75) is 11.8 Å². The molecule has 25 heavy (non-hydrogen) atoms. The van der Waals surface area contributed by atoms with Gasteiger partial charge in [0.15, 0.2) is 6.61 Å². The summed E-state index contributed by atoms with van der Waals surface area (Å²) in [5.74, 6) is -1.10. The minimum Gasteiger partial charge on any atom is -0.452 e. The predicted octanol–water partition coefficient (Wildman–Crippen LogP) is 0.261. The van der Waals surface area contributed by atoms with Gasteiger partial charge in [-0.05, 0) is 24.6 Å². The lowest BCUT2D eigenvalue weighted by molar-refractivity contribution is -0.131. The summed E-state index contributed by atoms with van der Waals surface area (Å²) in [6.45, 7) is 2.49. The molecule has 0 bridgehead atoms. The average molecular weight is 370 g/mol. The van der Waals surface area contributed by atoms with Crippen LogP contribution in [0.4, 0.5) is 0 Å². The first-order valence-electron chi connectivity index (χ1n) is 7.79. The highest BCUT2D eigenvalue weighted by atomic mass is 32.2. The van der Waals surface area contributed by atoms with Crippen molar-refractivity contribution < 1.29 is 27.5 Å². The number of carbonyl (C=O) groups is 2. The molecule has 0 saturated carbocycles. The number of sulfonamides is 1. The Kier molecular flexibility index (Phi) is 6.15. The van der Waals surface area contributed by atoms with Gasteiger partial charge in [0, 0.05) is 27.2 Å². The number of ether oxygens (including phenoxy) is 2. The Morgan fingerprint density at radius 3 is 2.48 bits per heavy atom. The number of hydrogen-bond donors (Lipinski definition) is 0. The molecule has 0 radical (unpaired) electrons. The highest BCUT2D eigenvalue weighted by molar-refractivity contribution is 7.89. The maximum atomic E-state index is 12.8. The highest BCUT2D eigenvalue weighted by Crippen LogP contribution is 2.22. The molecular weight excluding hydrogens is 348 g/mol. The van der Waals surface area contributed by atoms with E-state index in [1.165, 1.54) is 21.3 Å². The standard InChI is InChI=1S/C16H22N2O6S/c1-12-4-5-13(16(20)24-11-15(19)17(2)3)10-14(12)25(21,22)18-6-8-23-9-7-18/h4-5,10H,6-9,11H2,1-3H3. The number of likely N-dealkylation sites (N-methyl/N-ethyl adjacent to an activating group) is 1. The van der Waals surface area contributed by atoms with Crippen LogP contribution in [0.2, 0.25) is 0 Å². The van der Waals surface area contributed by atoms with Crippen LogP contribution >= 0.6 is 0 Å².